The molecule has 0 N–H and O–H groups in total. The van der Waals surface area contributed by atoms with Crippen molar-refractivity contribution in [2.75, 3.05) is 6.61 Å². The van der Waals surface area contributed by atoms with Crippen molar-refractivity contribution in [1.82, 2.24) is 9.55 Å². The van der Waals surface area contributed by atoms with Crippen LogP contribution in [0.3, 0.4) is 0 Å². The van der Waals surface area contributed by atoms with Crippen LogP contribution in [0.1, 0.15) is 48.2 Å². The highest BCUT2D eigenvalue weighted by molar-refractivity contribution is 5.76. The summed E-state index contributed by atoms with van der Waals surface area (Å²) in [4.78, 5) is 5.16. The lowest BCUT2D eigenvalue weighted by atomic mass is 9.90. The molecule has 0 fully saturated rings. The van der Waals surface area contributed by atoms with E-state index in [2.05, 4.69) is 121 Å². The van der Waals surface area contributed by atoms with Gasteiger partial charge in [0, 0.05) is 6.54 Å². The maximum Gasteiger partial charge on any atom is 0.121 e. The van der Waals surface area contributed by atoms with Gasteiger partial charge in [0.2, 0.25) is 0 Å². The summed E-state index contributed by atoms with van der Waals surface area (Å²) >= 11 is 0. The summed E-state index contributed by atoms with van der Waals surface area (Å²) in [5.41, 5.74) is 6.09. The van der Waals surface area contributed by atoms with Crippen molar-refractivity contribution in [3.8, 4) is 5.75 Å². The smallest absolute Gasteiger partial charge is 0.121 e. The number of unbranched alkanes of at least 4 members (excludes halogenated alkanes) is 1. The maximum atomic E-state index is 6.00. The lowest BCUT2D eigenvalue weighted by Gasteiger charge is -2.20. The zero-order valence-electron chi connectivity index (χ0n) is 20.3. The first-order chi connectivity index (χ1) is 17.3. The molecule has 0 bridgehead atoms. The lowest BCUT2D eigenvalue weighted by Crippen LogP contribution is -2.13. The van der Waals surface area contributed by atoms with Crippen molar-refractivity contribution in [2.24, 2.45) is 0 Å². The largest absolute Gasteiger partial charge is 0.494 e. The third-order valence-electron chi connectivity index (χ3n) is 6.58. The Bertz CT molecular complexity index is 1300. The van der Waals surface area contributed by atoms with Gasteiger partial charge >= 0.3 is 0 Å². The summed E-state index contributed by atoms with van der Waals surface area (Å²) < 4.78 is 8.42. The molecule has 0 aliphatic carbocycles. The van der Waals surface area contributed by atoms with Crippen molar-refractivity contribution in [3.63, 3.8) is 0 Å². The molecule has 4 aromatic carbocycles. The number of ether oxygens (including phenoxy) is 1. The van der Waals surface area contributed by atoms with Crippen LogP contribution in [-0.2, 0) is 13.0 Å². The minimum atomic E-state index is 0.0816. The molecular weight excluding hydrogens is 428 g/mol. The topological polar surface area (TPSA) is 27.1 Å². The molecule has 1 aromatic heterocycles. The second kappa shape index (κ2) is 11.1. The molecule has 35 heavy (non-hydrogen) atoms. The number of hydrogen-bond acceptors (Lipinski definition) is 2. The van der Waals surface area contributed by atoms with Gasteiger partial charge in [0.25, 0.3) is 0 Å². The van der Waals surface area contributed by atoms with Crippen molar-refractivity contribution in [3.05, 3.63) is 132 Å². The van der Waals surface area contributed by atoms with Gasteiger partial charge in [-0.05, 0) is 60.2 Å². The summed E-state index contributed by atoms with van der Waals surface area (Å²) in [5.74, 6) is 2.13. The predicted octanol–water partition coefficient (Wildman–Crippen LogP) is 7.64. The number of para-hydroxylation sites is 2. The number of aromatic nitrogens is 2. The fourth-order valence-corrected chi connectivity index (χ4v) is 4.71. The second-order valence-corrected chi connectivity index (χ2v) is 8.92. The number of fused-ring (bicyclic) bond motifs is 1. The summed E-state index contributed by atoms with van der Waals surface area (Å²) in [6.45, 7) is 3.79. The molecule has 1 heterocycles. The first-order valence-electron chi connectivity index (χ1n) is 12.6. The van der Waals surface area contributed by atoms with Gasteiger partial charge in [-0.15, -0.1) is 0 Å². The van der Waals surface area contributed by atoms with Gasteiger partial charge in [0.15, 0.2) is 0 Å². The number of rotatable bonds is 10. The van der Waals surface area contributed by atoms with Crippen LogP contribution in [-0.4, -0.2) is 16.2 Å². The van der Waals surface area contributed by atoms with Crippen molar-refractivity contribution >= 4 is 11.0 Å². The molecule has 3 nitrogen and oxygen atoms in total. The minimum Gasteiger partial charge on any atom is -0.494 e. The Morgan fingerprint density at radius 1 is 0.714 bits per heavy atom. The van der Waals surface area contributed by atoms with Crippen molar-refractivity contribution < 1.29 is 4.74 Å². The standard InChI is InChI=1S/C32H32N2O/c1-2-25-19-21-28(22-20-25)35-24-12-11-23-34-30-18-10-9-17-29(30)33-32(34)31(26-13-5-3-6-14-26)27-15-7-4-8-16-27/h3-10,13-22,31H,2,11-12,23-24H2,1H3. The van der Waals surface area contributed by atoms with E-state index < -0.39 is 0 Å². The van der Waals surface area contributed by atoms with E-state index in [0.29, 0.717) is 6.61 Å². The molecule has 0 aliphatic rings. The van der Waals surface area contributed by atoms with E-state index in [4.69, 9.17) is 9.72 Å². The van der Waals surface area contributed by atoms with Gasteiger partial charge in [0.05, 0.1) is 23.6 Å². The molecule has 5 rings (SSSR count). The Balaban J connectivity index is 1.38. The fraction of sp³-hybridized carbons (Fsp3) is 0.219. The van der Waals surface area contributed by atoms with Gasteiger partial charge in [-0.3, -0.25) is 0 Å². The molecule has 0 aliphatic heterocycles. The van der Waals surface area contributed by atoms with Crippen LogP contribution < -0.4 is 4.74 Å². The SMILES string of the molecule is CCc1ccc(OCCCCn2c(C(c3ccccc3)c3ccccc3)nc3ccccc32)cc1. The summed E-state index contributed by atoms with van der Waals surface area (Å²) in [5, 5.41) is 0. The lowest BCUT2D eigenvalue weighted by molar-refractivity contribution is 0.303. The second-order valence-electron chi connectivity index (χ2n) is 8.92. The van der Waals surface area contributed by atoms with E-state index in [9.17, 15) is 0 Å². The van der Waals surface area contributed by atoms with E-state index >= 15 is 0 Å². The van der Waals surface area contributed by atoms with Crippen LogP contribution in [0.2, 0.25) is 0 Å². The van der Waals surface area contributed by atoms with Gasteiger partial charge in [0.1, 0.15) is 11.6 Å². The zero-order chi connectivity index (χ0) is 23.9. The molecular formula is C32H32N2O. The molecule has 0 spiro atoms. The van der Waals surface area contributed by atoms with E-state index in [0.717, 1.165) is 42.9 Å². The molecule has 0 amide bonds. The molecule has 5 aromatic rings. The first kappa shape index (κ1) is 22.9. The molecule has 0 saturated carbocycles. The zero-order valence-corrected chi connectivity index (χ0v) is 20.3. The first-order valence-corrected chi connectivity index (χ1v) is 12.6. The van der Waals surface area contributed by atoms with E-state index in [1.165, 1.54) is 22.2 Å². The Morgan fingerprint density at radius 3 is 2.00 bits per heavy atom. The molecule has 0 saturated heterocycles. The molecule has 0 atom stereocenters. The third-order valence-corrected chi connectivity index (χ3v) is 6.58. The normalized spacial score (nSPS) is 11.3. The average Bonchev–Trinajstić information content (AvgIpc) is 3.28. The third kappa shape index (κ3) is 5.30. The predicted molar refractivity (Wildman–Crippen MR) is 144 cm³/mol. The van der Waals surface area contributed by atoms with Gasteiger partial charge < -0.3 is 9.30 Å². The van der Waals surface area contributed by atoms with E-state index in [1.807, 2.05) is 0 Å². The van der Waals surface area contributed by atoms with Gasteiger partial charge in [-0.2, -0.15) is 0 Å². The number of aryl methyl sites for hydroxylation is 2. The Morgan fingerprint density at radius 2 is 1.34 bits per heavy atom. The summed E-state index contributed by atoms with van der Waals surface area (Å²) in [6, 6.07) is 38.3. The Labute approximate surface area is 208 Å². The molecule has 0 radical (unpaired) electrons. The quantitative estimate of drug-likeness (QED) is 0.200. The Kier molecular flexibility index (Phi) is 7.24. The van der Waals surface area contributed by atoms with E-state index in [1.54, 1.807) is 0 Å². The number of imidazole rings is 1. The highest BCUT2D eigenvalue weighted by Crippen LogP contribution is 2.33. The highest BCUT2D eigenvalue weighted by atomic mass is 16.5. The van der Waals surface area contributed by atoms with Crippen LogP contribution >= 0.6 is 0 Å². The number of nitrogens with zero attached hydrogens (tertiary/aromatic N) is 2. The number of benzene rings is 4. The van der Waals surface area contributed by atoms with Crippen LogP contribution in [0.4, 0.5) is 0 Å². The summed E-state index contributed by atoms with van der Waals surface area (Å²) in [7, 11) is 0. The highest BCUT2D eigenvalue weighted by Gasteiger charge is 2.23. The maximum absolute atomic E-state index is 6.00. The van der Waals surface area contributed by atoms with Crippen LogP contribution in [0.15, 0.2) is 109 Å². The average molecular weight is 461 g/mol. The van der Waals surface area contributed by atoms with Gasteiger partial charge in [-0.25, -0.2) is 4.98 Å². The Hall–Kier alpha value is -3.85. The fourth-order valence-electron chi connectivity index (χ4n) is 4.71. The molecule has 176 valence electrons. The van der Waals surface area contributed by atoms with Gasteiger partial charge in [-0.1, -0.05) is 91.9 Å². The van der Waals surface area contributed by atoms with Crippen LogP contribution in [0, 0.1) is 0 Å². The van der Waals surface area contributed by atoms with Crippen molar-refractivity contribution in [1.29, 1.82) is 0 Å². The van der Waals surface area contributed by atoms with Crippen molar-refractivity contribution in [2.45, 2.75) is 38.6 Å². The molecule has 3 heteroatoms. The monoisotopic (exact) mass is 460 g/mol. The van der Waals surface area contributed by atoms with E-state index in [-0.39, 0.29) is 5.92 Å². The minimum absolute atomic E-state index is 0.0816. The van der Waals surface area contributed by atoms with Crippen LogP contribution in [0.25, 0.3) is 11.0 Å². The van der Waals surface area contributed by atoms with Crippen LogP contribution in [0.5, 0.6) is 5.75 Å². The molecule has 0 unspecified atom stereocenters. The number of hydrogen-bond donors (Lipinski definition) is 0. The summed E-state index contributed by atoms with van der Waals surface area (Å²) in [6.07, 6.45) is 3.06.